The Labute approximate surface area is 131 Å². The van der Waals surface area contributed by atoms with Gasteiger partial charge in [0.05, 0.1) is 7.11 Å². The summed E-state index contributed by atoms with van der Waals surface area (Å²) in [5.74, 6) is -0.0183. The predicted octanol–water partition coefficient (Wildman–Crippen LogP) is 3.03. The van der Waals surface area contributed by atoms with Gasteiger partial charge in [0.2, 0.25) is 0 Å². The van der Waals surface area contributed by atoms with E-state index in [1.165, 1.54) is 6.08 Å². The van der Waals surface area contributed by atoms with Gasteiger partial charge in [0.15, 0.2) is 11.2 Å². The molecular weight excluding hydrogens is 280 g/mol. The second kappa shape index (κ2) is 6.34. The molecule has 0 heterocycles. The Morgan fingerprint density at radius 3 is 2.68 bits per heavy atom. The standard InChI is InChI=1S/C18H22O4/c1-5-9-22-17(20)18(8-6-7-15(18)19)16-13(3)10-12(2)11-14(16)21-4/h5,10-11H,1,6-9H2,2-4H3. The smallest absolute Gasteiger partial charge is 0.324 e. The summed E-state index contributed by atoms with van der Waals surface area (Å²) in [4.78, 5) is 25.3. The number of ketones is 1. The molecule has 0 radical (unpaired) electrons. The molecule has 0 saturated heterocycles. The molecule has 0 aliphatic heterocycles. The number of aryl methyl sites for hydroxylation is 2. The third-order valence-corrected chi connectivity index (χ3v) is 4.20. The molecule has 1 aliphatic rings. The van der Waals surface area contributed by atoms with Gasteiger partial charge in [-0.2, -0.15) is 0 Å². The molecule has 1 aliphatic carbocycles. The maximum absolute atomic E-state index is 12.7. The van der Waals surface area contributed by atoms with E-state index in [-0.39, 0.29) is 12.4 Å². The number of hydrogen-bond acceptors (Lipinski definition) is 4. The van der Waals surface area contributed by atoms with Gasteiger partial charge in [0.1, 0.15) is 12.4 Å². The van der Waals surface area contributed by atoms with E-state index in [1.54, 1.807) is 7.11 Å². The van der Waals surface area contributed by atoms with E-state index in [9.17, 15) is 9.59 Å². The Morgan fingerprint density at radius 2 is 2.14 bits per heavy atom. The molecule has 118 valence electrons. The van der Waals surface area contributed by atoms with Crippen LogP contribution in [-0.2, 0) is 19.7 Å². The van der Waals surface area contributed by atoms with E-state index in [1.807, 2.05) is 26.0 Å². The van der Waals surface area contributed by atoms with Crippen molar-refractivity contribution in [3.8, 4) is 5.75 Å². The summed E-state index contributed by atoms with van der Waals surface area (Å²) in [7, 11) is 1.56. The summed E-state index contributed by atoms with van der Waals surface area (Å²) in [6.07, 6.45) is 3.03. The molecule has 4 heteroatoms. The lowest BCUT2D eigenvalue weighted by Gasteiger charge is -2.29. The first-order valence-electron chi connectivity index (χ1n) is 7.44. The van der Waals surface area contributed by atoms with Crippen LogP contribution in [0.3, 0.4) is 0 Å². The van der Waals surface area contributed by atoms with Crippen LogP contribution in [0.1, 0.15) is 36.0 Å². The first kappa shape index (κ1) is 16.3. The van der Waals surface area contributed by atoms with Crippen LogP contribution in [-0.4, -0.2) is 25.5 Å². The summed E-state index contributed by atoms with van der Waals surface area (Å²) < 4.78 is 10.7. The van der Waals surface area contributed by atoms with Crippen molar-refractivity contribution in [1.82, 2.24) is 0 Å². The molecule has 0 amide bonds. The monoisotopic (exact) mass is 302 g/mol. The molecule has 2 rings (SSSR count). The van der Waals surface area contributed by atoms with Crippen molar-refractivity contribution in [3.05, 3.63) is 41.5 Å². The van der Waals surface area contributed by atoms with Gasteiger partial charge in [-0.25, -0.2) is 0 Å². The number of benzene rings is 1. The fraction of sp³-hybridized carbons (Fsp3) is 0.444. The number of carbonyl (C=O) groups excluding carboxylic acids is 2. The van der Waals surface area contributed by atoms with Gasteiger partial charge in [-0.05, 0) is 43.9 Å². The van der Waals surface area contributed by atoms with Gasteiger partial charge in [-0.1, -0.05) is 18.7 Å². The summed E-state index contributed by atoms with van der Waals surface area (Å²) in [5, 5.41) is 0. The first-order valence-corrected chi connectivity index (χ1v) is 7.44. The Morgan fingerprint density at radius 1 is 1.41 bits per heavy atom. The van der Waals surface area contributed by atoms with Crippen LogP contribution in [0.5, 0.6) is 5.75 Å². The van der Waals surface area contributed by atoms with E-state index in [0.717, 1.165) is 11.1 Å². The maximum atomic E-state index is 12.7. The number of carbonyl (C=O) groups is 2. The summed E-state index contributed by atoms with van der Waals surface area (Å²) in [6, 6.07) is 3.82. The number of ether oxygens (including phenoxy) is 2. The van der Waals surface area contributed by atoms with Crippen molar-refractivity contribution >= 4 is 11.8 Å². The molecular formula is C18H22O4. The van der Waals surface area contributed by atoms with Gasteiger partial charge >= 0.3 is 5.97 Å². The largest absolute Gasteiger partial charge is 0.496 e. The van der Waals surface area contributed by atoms with E-state index in [4.69, 9.17) is 9.47 Å². The zero-order valence-corrected chi connectivity index (χ0v) is 13.4. The highest BCUT2D eigenvalue weighted by Crippen LogP contribution is 2.45. The van der Waals surface area contributed by atoms with Crippen molar-refractivity contribution < 1.29 is 19.1 Å². The molecule has 1 saturated carbocycles. The van der Waals surface area contributed by atoms with Gasteiger partial charge in [0, 0.05) is 12.0 Å². The number of methoxy groups -OCH3 is 1. The quantitative estimate of drug-likeness (QED) is 0.476. The van der Waals surface area contributed by atoms with Crippen molar-refractivity contribution in [2.24, 2.45) is 0 Å². The lowest BCUT2D eigenvalue weighted by atomic mass is 9.75. The van der Waals surface area contributed by atoms with E-state index in [2.05, 4.69) is 6.58 Å². The molecule has 0 bridgehead atoms. The van der Waals surface area contributed by atoms with Gasteiger partial charge in [-0.15, -0.1) is 0 Å². The molecule has 4 nitrogen and oxygen atoms in total. The fourth-order valence-electron chi connectivity index (χ4n) is 3.34. The average molecular weight is 302 g/mol. The minimum absolute atomic E-state index is 0.0909. The molecule has 1 atom stereocenters. The number of esters is 1. The molecule has 1 aromatic rings. The molecule has 1 fully saturated rings. The van der Waals surface area contributed by atoms with Crippen LogP contribution in [0.25, 0.3) is 0 Å². The van der Waals surface area contributed by atoms with Crippen LogP contribution >= 0.6 is 0 Å². The first-order chi connectivity index (χ1) is 10.5. The lowest BCUT2D eigenvalue weighted by Crippen LogP contribution is -2.42. The van der Waals surface area contributed by atoms with Gasteiger partial charge < -0.3 is 9.47 Å². The second-order valence-electron chi connectivity index (χ2n) is 5.73. The molecule has 22 heavy (non-hydrogen) atoms. The number of rotatable bonds is 5. The van der Waals surface area contributed by atoms with Crippen molar-refractivity contribution in [2.75, 3.05) is 13.7 Å². The Bertz CT molecular complexity index is 618. The highest BCUT2D eigenvalue weighted by atomic mass is 16.5. The predicted molar refractivity (Wildman–Crippen MR) is 84.2 cm³/mol. The van der Waals surface area contributed by atoms with Crippen molar-refractivity contribution in [3.63, 3.8) is 0 Å². The van der Waals surface area contributed by atoms with Crippen LogP contribution in [0.2, 0.25) is 0 Å². The minimum Gasteiger partial charge on any atom is -0.496 e. The molecule has 0 aromatic heterocycles. The minimum atomic E-state index is -1.24. The summed E-state index contributed by atoms with van der Waals surface area (Å²) >= 11 is 0. The van der Waals surface area contributed by atoms with Crippen molar-refractivity contribution in [2.45, 2.75) is 38.5 Å². The third-order valence-electron chi connectivity index (χ3n) is 4.20. The number of Topliss-reactive ketones (excluding diaryl/α,β-unsaturated/α-hetero) is 1. The molecule has 1 unspecified atom stereocenters. The number of hydrogen-bond donors (Lipinski definition) is 0. The van der Waals surface area contributed by atoms with E-state index in [0.29, 0.717) is 30.6 Å². The topological polar surface area (TPSA) is 52.6 Å². The zero-order valence-electron chi connectivity index (χ0n) is 13.4. The van der Waals surface area contributed by atoms with Crippen LogP contribution < -0.4 is 4.74 Å². The van der Waals surface area contributed by atoms with Gasteiger partial charge in [0.25, 0.3) is 0 Å². The lowest BCUT2D eigenvalue weighted by molar-refractivity contribution is -0.152. The fourth-order valence-corrected chi connectivity index (χ4v) is 3.34. The van der Waals surface area contributed by atoms with E-state index < -0.39 is 11.4 Å². The van der Waals surface area contributed by atoms with Crippen LogP contribution in [0, 0.1) is 13.8 Å². The van der Waals surface area contributed by atoms with Crippen molar-refractivity contribution in [1.29, 1.82) is 0 Å². The Balaban J connectivity index is 2.63. The molecule has 1 aromatic carbocycles. The maximum Gasteiger partial charge on any atom is 0.324 e. The summed E-state index contributed by atoms with van der Waals surface area (Å²) in [5.41, 5.74) is 1.31. The van der Waals surface area contributed by atoms with Crippen LogP contribution in [0.15, 0.2) is 24.8 Å². The SMILES string of the molecule is C=CCOC(=O)C1(c2c(C)cc(C)cc2OC)CCCC1=O. The summed E-state index contributed by atoms with van der Waals surface area (Å²) in [6.45, 7) is 7.51. The molecule has 0 spiro atoms. The second-order valence-corrected chi connectivity index (χ2v) is 5.73. The highest BCUT2D eigenvalue weighted by Gasteiger charge is 2.53. The average Bonchev–Trinajstić information content (AvgIpc) is 2.86. The molecule has 0 N–H and O–H groups in total. The van der Waals surface area contributed by atoms with Crippen LogP contribution in [0.4, 0.5) is 0 Å². The Kier molecular flexibility index (Phi) is 4.69. The van der Waals surface area contributed by atoms with Gasteiger partial charge in [-0.3, -0.25) is 9.59 Å². The van der Waals surface area contributed by atoms with E-state index >= 15 is 0 Å². The zero-order chi connectivity index (χ0) is 16.3. The third kappa shape index (κ3) is 2.54. The highest BCUT2D eigenvalue weighted by molar-refractivity contribution is 6.12. The normalized spacial score (nSPS) is 20.8. The Hall–Kier alpha value is -2.10.